The van der Waals surface area contributed by atoms with Crippen LogP contribution in [-0.2, 0) is 0 Å². The molecule has 1 aromatic rings. The molecule has 0 radical (unpaired) electrons. The summed E-state index contributed by atoms with van der Waals surface area (Å²) in [5, 5.41) is 10.9. The zero-order chi connectivity index (χ0) is 13.3. The van der Waals surface area contributed by atoms with E-state index in [0.717, 1.165) is 16.9 Å². The van der Waals surface area contributed by atoms with Crippen LogP contribution in [0.25, 0.3) is 0 Å². The van der Waals surface area contributed by atoms with E-state index in [1.54, 1.807) is 0 Å². The molecule has 5 heteroatoms. The van der Waals surface area contributed by atoms with E-state index in [0.29, 0.717) is 17.2 Å². The molecule has 0 bridgehead atoms. The Labute approximate surface area is 114 Å². The van der Waals surface area contributed by atoms with Crippen LogP contribution in [0, 0.1) is 13.8 Å². The molecule has 2 rings (SSSR count). The lowest BCUT2D eigenvalue weighted by atomic mass is 10.00. The Morgan fingerprint density at radius 2 is 1.72 bits per heavy atom. The van der Waals surface area contributed by atoms with Gasteiger partial charge in [0.15, 0.2) is 11.0 Å². The quantitative estimate of drug-likeness (QED) is 0.893. The summed E-state index contributed by atoms with van der Waals surface area (Å²) in [6.45, 7) is 8.49. The Hall–Kier alpha value is -0.870. The number of hydrazine groups is 1. The molecule has 1 saturated heterocycles. The van der Waals surface area contributed by atoms with Crippen molar-refractivity contribution in [2.24, 2.45) is 0 Å². The zero-order valence-electron chi connectivity index (χ0n) is 11.5. The average Bonchev–Trinajstić information content (AvgIpc) is 2.34. The molecule has 2 atom stereocenters. The second-order valence-electron chi connectivity index (χ2n) is 5.24. The van der Waals surface area contributed by atoms with E-state index in [4.69, 9.17) is 11.6 Å². The summed E-state index contributed by atoms with van der Waals surface area (Å²) in [7, 11) is 0. The summed E-state index contributed by atoms with van der Waals surface area (Å²) in [6.07, 6.45) is 3.73. The van der Waals surface area contributed by atoms with Crippen LogP contribution in [0.15, 0.2) is 0 Å². The van der Waals surface area contributed by atoms with Crippen LogP contribution < -0.4 is 5.43 Å². The highest BCUT2D eigenvalue weighted by Gasteiger charge is 2.25. The van der Waals surface area contributed by atoms with Gasteiger partial charge in [0.05, 0.1) is 0 Å². The number of anilines is 1. The third kappa shape index (κ3) is 2.59. The van der Waals surface area contributed by atoms with Crippen LogP contribution in [-0.4, -0.2) is 27.3 Å². The minimum absolute atomic E-state index is 0.484. The molecule has 1 fully saturated rings. The molecule has 2 heterocycles. The second kappa shape index (κ2) is 5.41. The Bertz CT molecular complexity index is 425. The van der Waals surface area contributed by atoms with Gasteiger partial charge in [-0.3, -0.25) is 0 Å². The Kier molecular flexibility index (Phi) is 4.07. The van der Waals surface area contributed by atoms with E-state index in [-0.39, 0.29) is 0 Å². The van der Waals surface area contributed by atoms with E-state index in [2.05, 4.69) is 34.5 Å². The Morgan fingerprint density at radius 1 is 1.11 bits per heavy atom. The lowest BCUT2D eigenvalue weighted by Crippen LogP contribution is -2.47. The maximum absolute atomic E-state index is 5.97. The Balaban J connectivity index is 2.20. The highest BCUT2D eigenvalue weighted by Crippen LogP contribution is 2.26. The lowest BCUT2D eigenvalue weighted by molar-refractivity contribution is 0.135. The Morgan fingerprint density at radius 3 is 2.33 bits per heavy atom. The number of piperidine rings is 1. The van der Waals surface area contributed by atoms with Gasteiger partial charge < -0.3 is 5.43 Å². The summed E-state index contributed by atoms with van der Waals surface area (Å²) in [4.78, 5) is 0. The molecule has 0 saturated carbocycles. The number of rotatable bonds is 2. The highest BCUT2D eigenvalue weighted by molar-refractivity contribution is 6.30. The van der Waals surface area contributed by atoms with Gasteiger partial charge >= 0.3 is 0 Å². The summed E-state index contributed by atoms with van der Waals surface area (Å²) in [5.74, 6) is 0.817. The summed E-state index contributed by atoms with van der Waals surface area (Å²) >= 11 is 5.97. The fourth-order valence-corrected chi connectivity index (χ4v) is 2.63. The highest BCUT2D eigenvalue weighted by atomic mass is 35.5. The van der Waals surface area contributed by atoms with Crippen LogP contribution >= 0.6 is 11.6 Å². The maximum atomic E-state index is 5.97. The van der Waals surface area contributed by atoms with E-state index in [9.17, 15) is 0 Å². The summed E-state index contributed by atoms with van der Waals surface area (Å²) in [6, 6.07) is 1.04. The van der Waals surface area contributed by atoms with Crippen LogP contribution in [0.3, 0.4) is 0 Å². The first kappa shape index (κ1) is 13.6. The minimum Gasteiger partial charge on any atom is -0.301 e. The molecule has 0 aromatic carbocycles. The first-order chi connectivity index (χ1) is 8.50. The normalized spacial score (nSPS) is 25.2. The van der Waals surface area contributed by atoms with Crippen molar-refractivity contribution in [3.8, 4) is 0 Å². The van der Waals surface area contributed by atoms with Crippen molar-refractivity contribution in [2.45, 2.75) is 59.0 Å². The first-order valence-corrected chi connectivity index (χ1v) is 6.93. The number of nitrogens with zero attached hydrogens (tertiary/aromatic N) is 3. The van der Waals surface area contributed by atoms with Crippen molar-refractivity contribution in [1.82, 2.24) is 15.2 Å². The topological polar surface area (TPSA) is 41.1 Å². The van der Waals surface area contributed by atoms with Gasteiger partial charge in [0.2, 0.25) is 0 Å². The molecule has 4 nitrogen and oxygen atoms in total. The summed E-state index contributed by atoms with van der Waals surface area (Å²) < 4.78 is 0. The monoisotopic (exact) mass is 268 g/mol. The first-order valence-electron chi connectivity index (χ1n) is 6.55. The fourth-order valence-electron chi connectivity index (χ4n) is 2.45. The van der Waals surface area contributed by atoms with Gasteiger partial charge in [-0.15, -0.1) is 10.2 Å². The third-order valence-corrected chi connectivity index (χ3v) is 4.25. The molecule has 1 aromatic heterocycles. The molecule has 0 spiro atoms. The molecule has 2 unspecified atom stereocenters. The molecule has 0 amide bonds. The number of aromatic nitrogens is 2. The number of halogens is 1. The van der Waals surface area contributed by atoms with Crippen molar-refractivity contribution < 1.29 is 0 Å². The predicted octanol–water partition coefficient (Wildman–Crippen LogP) is 3.34. The van der Waals surface area contributed by atoms with E-state index >= 15 is 0 Å². The smallest absolute Gasteiger partial charge is 0.166 e. The molecular formula is C13H21ClN4. The largest absolute Gasteiger partial charge is 0.301 e. The van der Waals surface area contributed by atoms with Crippen LogP contribution in [0.4, 0.5) is 5.82 Å². The van der Waals surface area contributed by atoms with Crippen molar-refractivity contribution in [3.05, 3.63) is 16.3 Å². The molecular weight excluding hydrogens is 248 g/mol. The van der Waals surface area contributed by atoms with Crippen molar-refractivity contribution in [3.63, 3.8) is 0 Å². The number of nitrogens with one attached hydrogen (secondary N) is 1. The molecule has 1 aliphatic rings. The molecule has 100 valence electrons. The number of hydrogen-bond donors (Lipinski definition) is 1. The van der Waals surface area contributed by atoms with Crippen molar-refractivity contribution >= 4 is 17.4 Å². The SMILES string of the molecule is Cc1c(Cl)nnc(NN2C(C)CCCC2C)c1C. The van der Waals surface area contributed by atoms with E-state index in [1.807, 2.05) is 13.8 Å². The van der Waals surface area contributed by atoms with Gasteiger partial charge in [0, 0.05) is 17.6 Å². The number of hydrogen-bond acceptors (Lipinski definition) is 4. The molecule has 18 heavy (non-hydrogen) atoms. The minimum atomic E-state index is 0.484. The maximum Gasteiger partial charge on any atom is 0.166 e. The van der Waals surface area contributed by atoms with Crippen molar-refractivity contribution in [2.75, 3.05) is 5.43 Å². The summed E-state index contributed by atoms with van der Waals surface area (Å²) in [5.41, 5.74) is 5.48. The lowest BCUT2D eigenvalue weighted by Gasteiger charge is -2.39. The standard InChI is InChI=1S/C13H21ClN4/c1-8-6-5-7-9(2)18(8)17-13-11(4)10(3)12(14)15-16-13/h8-9H,5-7H2,1-4H3,(H,16,17). The van der Waals surface area contributed by atoms with Gasteiger partial charge in [-0.1, -0.05) is 18.0 Å². The zero-order valence-corrected chi connectivity index (χ0v) is 12.3. The molecule has 1 aliphatic heterocycles. The fraction of sp³-hybridized carbons (Fsp3) is 0.692. The van der Waals surface area contributed by atoms with Gasteiger partial charge in [-0.25, -0.2) is 5.01 Å². The van der Waals surface area contributed by atoms with E-state index < -0.39 is 0 Å². The molecule has 0 aliphatic carbocycles. The second-order valence-corrected chi connectivity index (χ2v) is 5.60. The van der Waals surface area contributed by atoms with Crippen LogP contribution in [0.2, 0.25) is 5.15 Å². The van der Waals surface area contributed by atoms with E-state index in [1.165, 1.54) is 19.3 Å². The predicted molar refractivity (Wildman–Crippen MR) is 74.8 cm³/mol. The van der Waals surface area contributed by atoms with Crippen molar-refractivity contribution in [1.29, 1.82) is 0 Å². The third-order valence-electron chi connectivity index (χ3n) is 3.89. The van der Waals surface area contributed by atoms with Crippen LogP contribution in [0.1, 0.15) is 44.2 Å². The van der Waals surface area contributed by atoms with Gasteiger partial charge in [-0.05, 0) is 46.1 Å². The average molecular weight is 269 g/mol. The van der Waals surface area contributed by atoms with Gasteiger partial charge in [0.1, 0.15) is 0 Å². The molecule has 1 N–H and O–H groups in total. The van der Waals surface area contributed by atoms with Crippen LogP contribution in [0.5, 0.6) is 0 Å². The van der Waals surface area contributed by atoms with Gasteiger partial charge in [0.25, 0.3) is 0 Å². The van der Waals surface area contributed by atoms with Gasteiger partial charge in [-0.2, -0.15) is 0 Å².